The van der Waals surface area contributed by atoms with Crippen molar-refractivity contribution < 1.29 is 0 Å². The van der Waals surface area contributed by atoms with E-state index in [0.717, 1.165) is 12.2 Å². The average Bonchev–Trinajstić information content (AvgIpc) is 2.74. The van der Waals surface area contributed by atoms with Gasteiger partial charge in [0, 0.05) is 11.1 Å². The van der Waals surface area contributed by atoms with Gasteiger partial charge in [0.1, 0.15) is 0 Å². The highest BCUT2D eigenvalue weighted by molar-refractivity contribution is 7.10. The van der Waals surface area contributed by atoms with Gasteiger partial charge in [-0.3, -0.25) is 4.98 Å². The van der Waals surface area contributed by atoms with Gasteiger partial charge in [-0.15, -0.1) is 11.3 Å². The van der Waals surface area contributed by atoms with Crippen LogP contribution < -0.4 is 5.32 Å². The minimum atomic E-state index is 0.155. The Morgan fingerprint density at radius 2 is 2.29 bits per heavy atom. The minimum absolute atomic E-state index is 0.155. The molecule has 0 saturated heterocycles. The Kier molecular flexibility index (Phi) is 4.15. The average molecular weight is 267 g/mol. The van der Waals surface area contributed by atoms with E-state index in [-0.39, 0.29) is 6.04 Å². The molecule has 2 rings (SSSR count). The van der Waals surface area contributed by atoms with E-state index < -0.39 is 0 Å². The van der Waals surface area contributed by atoms with Crippen LogP contribution in [0.3, 0.4) is 0 Å². The summed E-state index contributed by atoms with van der Waals surface area (Å²) in [5.74, 6) is 0. The van der Waals surface area contributed by atoms with Crippen LogP contribution in [0, 0.1) is 6.92 Å². The second kappa shape index (κ2) is 5.63. The topological polar surface area (TPSA) is 24.9 Å². The van der Waals surface area contributed by atoms with Gasteiger partial charge in [-0.05, 0) is 42.6 Å². The predicted molar refractivity (Wildman–Crippen MR) is 73.8 cm³/mol. The molecule has 0 aromatic carbocycles. The minimum Gasteiger partial charge on any atom is -0.305 e. The zero-order valence-electron chi connectivity index (χ0n) is 9.90. The third-order valence-corrected chi connectivity index (χ3v) is 3.64. The van der Waals surface area contributed by atoms with E-state index in [1.165, 1.54) is 10.4 Å². The molecule has 2 aromatic rings. The summed E-state index contributed by atoms with van der Waals surface area (Å²) in [6.07, 6.45) is 1.69. The number of hydrogen-bond acceptors (Lipinski definition) is 3. The maximum Gasteiger partial charge on any atom is 0.0759 e. The summed E-state index contributed by atoms with van der Waals surface area (Å²) in [5, 5.41) is 6.30. The second-order valence-corrected chi connectivity index (χ2v) is 5.43. The van der Waals surface area contributed by atoms with Gasteiger partial charge >= 0.3 is 0 Å². The van der Waals surface area contributed by atoms with Crippen molar-refractivity contribution in [2.24, 2.45) is 0 Å². The standard InChI is InChI=1S/C13H15ClN2S/c1-3-15-13(10-6-9(2)17-8-10)12-5-4-11(14)7-16-12/h4-8,13,15H,3H2,1-2H3. The van der Waals surface area contributed by atoms with E-state index in [1.807, 2.05) is 12.1 Å². The highest BCUT2D eigenvalue weighted by atomic mass is 35.5. The number of aryl methyl sites for hydroxylation is 1. The van der Waals surface area contributed by atoms with Gasteiger partial charge in [-0.25, -0.2) is 0 Å². The largest absolute Gasteiger partial charge is 0.305 e. The molecule has 4 heteroatoms. The van der Waals surface area contributed by atoms with Crippen LogP contribution in [0.5, 0.6) is 0 Å². The molecule has 2 nitrogen and oxygen atoms in total. The van der Waals surface area contributed by atoms with Crippen LogP contribution in [0.4, 0.5) is 0 Å². The van der Waals surface area contributed by atoms with Crippen LogP contribution in [0.15, 0.2) is 29.8 Å². The van der Waals surface area contributed by atoms with Crippen LogP contribution >= 0.6 is 22.9 Å². The third kappa shape index (κ3) is 3.06. The van der Waals surface area contributed by atoms with Crippen LogP contribution in [0.1, 0.15) is 29.1 Å². The Morgan fingerprint density at radius 1 is 1.47 bits per heavy atom. The fraction of sp³-hybridized carbons (Fsp3) is 0.308. The van der Waals surface area contributed by atoms with Crippen molar-refractivity contribution in [1.82, 2.24) is 10.3 Å². The molecule has 2 heterocycles. The highest BCUT2D eigenvalue weighted by Gasteiger charge is 2.15. The van der Waals surface area contributed by atoms with E-state index in [1.54, 1.807) is 17.5 Å². The predicted octanol–water partition coefficient (Wildman–Crippen LogP) is 3.80. The van der Waals surface area contributed by atoms with Crippen LogP contribution in [0.2, 0.25) is 5.02 Å². The van der Waals surface area contributed by atoms with Gasteiger partial charge in [-0.2, -0.15) is 0 Å². The molecule has 0 radical (unpaired) electrons. The maximum atomic E-state index is 5.86. The number of rotatable bonds is 4. The molecule has 1 atom stereocenters. The quantitative estimate of drug-likeness (QED) is 0.910. The molecule has 17 heavy (non-hydrogen) atoms. The van der Waals surface area contributed by atoms with Crippen LogP contribution in [-0.4, -0.2) is 11.5 Å². The Bertz CT molecular complexity index is 478. The molecule has 0 saturated carbocycles. The molecule has 0 aliphatic carbocycles. The lowest BCUT2D eigenvalue weighted by atomic mass is 10.1. The van der Waals surface area contributed by atoms with Gasteiger partial charge in [-0.1, -0.05) is 18.5 Å². The zero-order valence-corrected chi connectivity index (χ0v) is 11.5. The SMILES string of the molecule is CCNC(c1csc(C)c1)c1ccc(Cl)cn1. The van der Waals surface area contributed by atoms with Gasteiger partial charge in [0.05, 0.1) is 16.8 Å². The summed E-state index contributed by atoms with van der Waals surface area (Å²) in [4.78, 5) is 5.71. The van der Waals surface area contributed by atoms with Gasteiger partial charge in [0.2, 0.25) is 0 Å². The Labute approximate surface area is 111 Å². The van der Waals surface area contributed by atoms with Gasteiger partial charge in [0.25, 0.3) is 0 Å². The summed E-state index contributed by atoms with van der Waals surface area (Å²) < 4.78 is 0. The first-order valence-electron chi connectivity index (χ1n) is 5.60. The monoisotopic (exact) mass is 266 g/mol. The van der Waals surface area contributed by atoms with Crippen molar-refractivity contribution in [2.75, 3.05) is 6.54 Å². The summed E-state index contributed by atoms with van der Waals surface area (Å²) in [6, 6.07) is 6.21. The molecule has 0 aliphatic heterocycles. The normalized spacial score (nSPS) is 12.6. The number of hydrogen-bond donors (Lipinski definition) is 1. The molecule has 0 amide bonds. The van der Waals surface area contributed by atoms with E-state index >= 15 is 0 Å². The lowest BCUT2D eigenvalue weighted by Crippen LogP contribution is -2.22. The smallest absolute Gasteiger partial charge is 0.0759 e. The number of pyridine rings is 1. The molecule has 0 bridgehead atoms. The molecule has 0 aliphatic rings. The van der Waals surface area contributed by atoms with Crippen molar-refractivity contribution in [1.29, 1.82) is 0 Å². The van der Waals surface area contributed by atoms with Crippen molar-refractivity contribution >= 4 is 22.9 Å². The summed E-state index contributed by atoms with van der Waals surface area (Å²) in [6.45, 7) is 5.12. The number of aromatic nitrogens is 1. The van der Waals surface area contributed by atoms with Gasteiger partial charge < -0.3 is 5.32 Å². The molecular weight excluding hydrogens is 252 g/mol. The molecule has 2 aromatic heterocycles. The van der Waals surface area contributed by atoms with Crippen molar-refractivity contribution in [2.45, 2.75) is 19.9 Å². The molecule has 1 N–H and O–H groups in total. The summed E-state index contributed by atoms with van der Waals surface area (Å²) >= 11 is 7.63. The van der Waals surface area contributed by atoms with Crippen LogP contribution in [-0.2, 0) is 0 Å². The molecule has 1 unspecified atom stereocenters. The molecular formula is C13H15ClN2S. The second-order valence-electron chi connectivity index (χ2n) is 3.88. The number of nitrogens with one attached hydrogen (secondary N) is 1. The molecule has 0 fully saturated rings. The number of thiophene rings is 1. The van der Waals surface area contributed by atoms with E-state index in [0.29, 0.717) is 5.02 Å². The van der Waals surface area contributed by atoms with Gasteiger partial charge in [0.15, 0.2) is 0 Å². The molecule has 90 valence electrons. The number of nitrogens with zero attached hydrogens (tertiary/aromatic N) is 1. The fourth-order valence-electron chi connectivity index (χ4n) is 1.77. The zero-order chi connectivity index (χ0) is 12.3. The van der Waals surface area contributed by atoms with Crippen molar-refractivity contribution in [3.05, 3.63) is 50.9 Å². The Balaban J connectivity index is 2.31. The Hall–Kier alpha value is -0.900. The first-order valence-corrected chi connectivity index (χ1v) is 6.86. The lowest BCUT2D eigenvalue weighted by Gasteiger charge is -2.16. The van der Waals surface area contributed by atoms with E-state index in [2.05, 4.69) is 35.6 Å². The first kappa shape index (κ1) is 12.6. The van der Waals surface area contributed by atoms with Crippen LogP contribution in [0.25, 0.3) is 0 Å². The van der Waals surface area contributed by atoms with E-state index in [9.17, 15) is 0 Å². The Morgan fingerprint density at radius 3 is 2.82 bits per heavy atom. The van der Waals surface area contributed by atoms with Crippen molar-refractivity contribution in [3.8, 4) is 0 Å². The van der Waals surface area contributed by atoms with Crippen molar-refractivity contribution in [3.63, 3.8) is 0 Å². The lowest BCUT2D eigenvalue weighted by molar-refractivity contribution is 0.617. The third-order valence-electron chi connectivity index (χ3n) is 2.54. The number of halogens is 1. The fourth-order valence-corrected chi connectivity index (χ4v) is 2.61. The maximum absolute atomic E-state index is 5.86. The molecule has 0 spiro atoms. The van der Waals surface area contributed by atoms with E-state index in [4.69, 9.17) is 11.6 Å². The summed E-state index contributed by atoms with van der Waals surface area (Å²) in [5.41, 5.74) is 2.28. The summed E-state index contributed by atoms with van der Waals surface area (Å²) in [7, 11) is 0. The highest BCUT2D eigenvalue weighted by Crippen LogP contribution is 2.25. The first-order chi connectivity index (χ1) is 8.20.